The maximum Gasteiger partial charge on any atom is 0.187 e. The van der Waals surface area contributed by atoms with E-state index in [4.69, 9.17) is 18.9 Å². The first-order valence-electron chi connectivity index (χ1n) is 15.5. The molecule has 0 bridgehead atoms. The molecule has 0 saturated carbocycles. The lowest BCUT2D eigenvalue weighted by atomic mass is 10.1. The number of Topliss-reactive ketones (excluding diaryl/α,β-unsaturated/α-hetero) is 1. The average Bonchev–Trinajstić information content (AvgIpc) is 3.08. The van der Waals surface area contributed by atoms with Gasteiger partial charge in [0, 0.05) is 56.1 Å². The molecular weight excluding hydrogens is 574 g/mol. The summed E-state index contributed by atoms with van der Waals surface area (Å²) in [5.74, 6) is 3.04. The zero-order chi connectivity index (χ0) is 31.0. The van der Waals surface area contributed by atoms with Crippen molar-refractivity contribution in [2.75, 3.05) is 64.6 Å². The van der Waals surface area contributed by atoms with Crippen LogP contribution >= 0.6 is 0 Å². The SMILES string of the molecule is COc1cc2c(Oc3ccc(CC(=O)c4cccc(N5CCC(O)CC5)n4)nc3)ccnc2cc1OCCCN1CCOCC1. The lowest BCUT2D eigenvalue weighted by Crippen LogP contribution is -2.37. The van der Waals surface area contributed by atoms with Gasteiger partial charge in [-0.3, -0.25) is 19.7 Å². The number of aromatic nitrogens is 3. The predicted octanol–water partition coefficient (Wildman–Crippen LogP) is 4.31. The highest BCUT2D eigenvalue weighted by atomic mass is 16.5. The van der Waals surface area contributed by atoms with Crippen molar-refractivity contribution < 1.29 is 28.8 Å². The molecular formula is C34H39N5O6. The summed E-state index contributed by atoms with van der Waals surface area (Å²) in [5.41, 5.74) is 1.75. The lowest BCUT2D eigenvalue weighted by Gasteiger charge is -2.30. The Hall–Kier alpha value is -4.32. The van der Waals surface area contributed by atoms with Crippen LogP contribution in [0.25, 0.3) is 10.9 Å². The van der Waals surface area contributed by atoms with Crippen LogP contribution in [0.5, 0.6) is 23.0 Å². The van der Waals surface area contributed by atoms with E-state index in [0.29, 0.717) is 53.8 Å². The van der Waals surface area contributed by atoms with Crippen LogP contribution in [-0.4, -0.2) is 96.5 Å². The Balaban J connectivity index is 1.08. The second-order valence-electron chi connectivity index (χ2n) is 11.3. The van der Waals surface area contributed by atoms with Crippen LogP contribution in [0.3, 0.4) is 0 Å². The third-order valence-corrected chi connectivity index (χ3v) is 8.14. The largest absolute Gasteiger partial charge is 0.493 e. The molecule has 1 N–H and O–H groups in total. The first-order valence-corrected chi connectivity index (χ1v) is 15.5. The lowest BCUT2D eigenvalue weighted by molar-refractivity contribution is 0.0357. The second-order valence-corrected chi connectivity index (χ2v) is 11.3. The highest BCUT2D eigenvalue weighted by Gasteiger charge is 2.20. The van der Waals surface area contributed by atoms with Crippen LogP contribution in [-0.2, 0) is 11.2 Å². The number of anilines is 1. The number of methoxy groups -OCH3 is 1. The summed E-state index contributed by atoms with van der Waals surface area (Å²) in [5, 5.41) is 10.6. The number of aliphatic hydroxyl groups excluding tert-OH is 1. The standard InChI is InChI=1S/C34H39N5O6/c1-42-32-21-27-29(22-33(32)44-17-3-12-38-15-18-43-19-16-38)35-11-8-31(27)45-26-7-6-24(36-23-26)20-30(41)28-4-2-5-34(37-28)39-13-9-25(40)10-14-39/h2,4-8,11,21-23,25,40H,3,9-10,12-20H2,1H3. The van der Waals surface area contributed by atoms with E-state index in [2.05, 4.69) is 24.8 Å². The monoisotopic (exact) mass is 613 g/mol. The van der Waals surface area contributed by atoms with E-state index in [1.165, 1.54) is 0 Å². The third kappa shape index (κ3) is 7.86. The Morgan fingerprint density at radius 1 is 1.00 bits per heavy atom. The number of pyridine rings is 3. The molecule has 3 aromatic heterocycles. The van der Waals surface area contributed by atoms with Gasteiger partial charge < -0.3 is 29.0 Å². The summed E-state index contributed by atoms with van der Waals surface area (Å²) in [6.45, 7) is 6.47. The molecule has 236 valence electrons. The van der Waals surface area contributed by atoms with Crippen molar-refractivity contribution >= 4 is 22.5 Å². The number of hydrogen-bond donors (Lipinski definition) is 1. The number of carbonyl (C=O) groups excluding carboxylic acids is 1. The Kier molecular flexibility index (Phi) is 9.99. The van der Waals surface area contributed by atoms with E-state index >= 15 is 0 Å². The molecule has 11 heteroatoms. The van der Waals surface area contributed by atoms with Gasteiger partial charge in [-0.05, 0) is 55.7 Å². The van der Waals surface area contributed by atoms with E-state index in [0.717, 1.165) is 69.1 Å². The molecule has 6 rings (SSSR count). The van der Waals surface area contributed by atoms with E-state index in [-0.39, 0.29) is 18.3 Å². The number of ketones is 1. The van der Waals surface area contributed by atoms with Crippen molar-refractivity contribution in [1.82, 2.24) is 19.9 Å². The maximum absolute atomic E-state index is 13.0. The van der Waals surface area contributed by atoms with E-state index < -0.39 is 0 Å². The molecule has 45 heavy (non-hydrogen) atoms. The summed E-state index contributed by atoms with van der Waals surface area (Å²) >= 11 is 0. The molecule has 5 heterocycles. The summed E-state index contributed by atoms with van der Waals surface area (Å²) < 4.78 is 23.3. The predicted molar refractivity (Wildman–Crippen MR) is 170 cm³/mol. The van der Waals surface area contributed by atoms with Crippen LogP contribution in [0.15, 0.2) is 60.9 Å². The van der Waals surface area contributed by atoms with E-state index in [1.807, 2.05) is 24.3 Å². The zero-order valence-corrected chi connectivity index (χ0v) is 25.6. The molecule has 2 aliphatic rings. The molecule has 0 radical (unpaired) electrons. The van der Waals surface area contributed by atoms with Crippen molar-refractivity contribution in [2.24, 2.45) is 0 Å². The van der Waals surface area contributed by atoms with E-state index in [9.17, 15) is 9.90 Å². The minimum atomic E-state index is -0.266. The van der Waals surface area contributed by atoms with Gasteiger partial charge >= 0.3 is 0 Å². The molecule has 1 aromatic carbocycles. The Labute approximate surface area is 262 Å². The molecule has 2 saturated heterocycles. The molecule has 0 aliphatic carbocycles. The van der Waals surface area contributed by atoms with Crippen molar-refractivity contribution in [3.63, 3.8) is 0 Å². The number of hydrogen-bond acceptors (Lipinski definition) is 11. The normalized spacial score (nSPS) is 16.1. The van der Waals surface area contributed by atoms with Crippen LogP contribution < -0.4 is 19.1 Å². The molecule has 2 aliphatic heterocycles. The van der Waals surface area contributed by atoms with Crippen LogP contribution in [0.4, 0.5) is 5.82 Å². The highest BCUT2D eigenvalue weighted by Crippen LogP contribution is 2.37. The van der Waals surface area contributed by atoms with Gasteiger partial charge in [-0.2, -0.15) is 0 Å². The number of nitrogens with zero attached hydrogens (tertiary/aromatic N) is 5. The van der Waals surface area contributed by atoms with Crippen molar-refractivity contribution in [3.05, 3.63) is 72.3 Å². The molecule has 2 fully saturated rings. The van der Waals surface area contributed by atoms with Crippen molar-refractivity contribution in [3.8, 4) is 23.0 Å². The number of benzene rings is 1. The number of carbonyl (C=O) groups is 1. The Morgan fingerprint density at radius 2 is 1.84 bits per heavy atom. The summed E-state index contributed by atoms with van der Waals surface area (Å²) in [7, 11) is 1.62. The molecule has 0 unspecified atom stereocenters. The first-order chi connectivity index (χ1) is 22.1. The third-order valence-electron chi connectivity index (χ3n) is 8.14. The summed E-state index contributed by atoms with van der Waals surface area (Å²) in [6, 6.07) is 14.6. The Morgan fingerprint density at radius 3 is 2.62 bits per heavy atom. The first kappa shape index (κ1) is 30.7. The van der Waals surface area contributed by atoms with Gasteiger partial charge in [0.15, 0.2) is 17.3 Å². The topological polar surface area (TPSA) is 119 Å². The number of rotatable bonds is 12. The molecule has 0 spiro atoms. The highest BCUT2D eigenvalue weighted by molar-refractivity contribution is 5.96. The number of morpholine rings is 1. The smallest absolute Gasteiger partial charge is 0.187 e. The van der Waals surface area contributed by atoms with E-state index in [1.54, 1.807) is 43.8 Å². The number of fused-ring (bicyclic) bond motifs is 1. The van der Waals surface area contributed by atoms with Crippen LogP contribution in [0, 0.1) is 0 Å². The fourth-order valence-corrected chi connectivity index (χ4v) is 5.59. The number of ether oxygens (including phenoxy) is 4. The zero-order valence-electron chi connectivity index (χ0n) is 25.6. The van der Waals surface area contributed by atoms with Crippen LogP contribution in [0.1, 0.15) is 35.4 Å². The van der Waals surface area contributed by atoms with Crippen molar-refractivity contribution in [1.29, 1.82) is 0 Å². The summed E-state index contributed by atoms with van der Waals surface area (Å²) in [6.07, 6.45) is 5.47. The summed E-state index contributed by atoms with van der Waals surface area (Å²) in [4.78, 5) is 31.1. The number of piperidine rings is 1. The van der Waals surface area contributed by atoms with Gasteiger partial charge in [-0.15, -0.1) is 0 Å². The van der Waals surface area contributed by atoms with Gasteiger partial charge in [-0.1, -0.05) is 6.07 Å². The fourth-order valence-electron chi connectivity index (χ4n) is 5.59. The minimum absolute atomic E-state index is 0.110. The minimum Gasteiger partial charge on any atom is -0.493 e. The second kappa shape index (κ2) is 14.6. The van der Waals surface area contributed by atoms with Crippen molar-refractivity contribution in [2.45, 2.75) is 31.8 Å². The fraction of sp³-hybridized carbons (Fsp3) is 0.412. The molecule has 0 amide bonds. The molecule has 0 atom stereocenters. The van der Waals surface area contributed by atoms with Crippen LogP contribution in [0.2, 0.25) is 0 Å². The number of aliphatic hydroxyl groups is 1. The van der Waals surface area contributed by atoms with Gasteiger partial charge in [-0.25, -0.2) is 4.98 Å². The molecule has 11 nitrogen and oxygen atoms in total. The Bertz CT molecular complexity index is 1590. The quantitative estimate of drug-likeness (QED) is 0.182. The maximum atomic E-state index is 13.0. The average molecular weight is 614 g/mol. The van der Waals surface area contributed by atoms with Gasteiger partial charge in [0.05, 0.1) is 51.2 Å². The molecule has 4 aromatic rings. The van der Waals surface area contributed by atoms with Gasteiger partial charge in [0.1, 0.15) is 23.0 Å². The van der Waals surface area contributed by atoms with Gasteiger partial charge in [0.2, 0.25) is 0 Å². The van der Waals surface area contributed by atoms with Gasteiger partial charge in [0.25, 0.3) is 0 Å².